The van der Waals surface area contributed by atoms with E-state index in [4.69, 9.17) is 0 Å². The normalized spacial score (nSPS) is 10.4. The minimum absolute atomic E-state index is 1.10. The smallest absolute Gasteiger partial charge is 0.0449 e. The van der Waals surface area contributed by atoms with Crippen LogP contribution in [-0.4, -0.2) is 0 Å². The fourth-order valence-electron chi connectivity index (χ4n) is 1.83. The fourth-order valence-corrected chi connectivity index (χ4v) is 3.67. The molecule has 88 valence electrons. The quantitative estimate of drug-likeness (QED) is 0.585. The average Bonchev–Trinajstić information content (AvgIpc) is 3.09. The second kappa shape index (κ2) is 4.92. The van der Waals surface area contributed by atoms with Crippen LogP contribution in [0.1, 0.15) is 10.4 Å². The van der Waals surface area contributed by atoms with Crippen LogP contribution in [0.5, 0.6) is 0 Å². The van der Waals surface area contributed by atoms with Gasteiger partial charge in [-0.1, -0.05) is 43.0 Å². The Morgan fingerprint density at radius 3 is 2.39 bits per heavy atom. The summed E-state index contributed by atoms with van der Waals surface area (Å²) in [5.74, 6) is 0. The Kier molecular flexibility index (Phi) is 3.13. The summed E-state index contributed by atoms with van der Waals surface area (Å²) in [5.41, 5.74) is 2.29. The Morgan fingerprint density at radius 2 is 1.67 bits per heavy atom. The number of hydrogen-bond acceptors (Lipinski definition) is 2. The van der Waals surface area contributed by atoms with E-state index in [1.807, 2.05) is 18.2 Å². The third-order valence-electron chi connectivity index (χ3n) is 2.79. The minimum atomic E-state index is 1.10. The summed E-state index contributed by atoms with van der Waals surface area (Å²) in [6.07, 6.45) is 0. The number of rotatable bonds is 3. The summed E-state index contributed by atoms with van der Waals surface area (Å²) in [6, 6.07) is 18.9. The zero-order valence-corrected chi connectivity index (χ0v) is 11.4. The second-order valence-electron chi connectivity index (χ2n) is 3.99. The number of benzene rings is 1. The van der Waals surface area contributed by atoms with Crippen LogP contribution >= 0.6 is 22.7 Å². The van der Waals surface area contributed by atoms with Crippen molar-refractivity contribution in [2.75, 3.05) is 0 Å². The van der Waals surface area contributed by atoms with Crippen molar-refractivity contribution < 1.29 is 0 Å². The van der Waals surface area contributed by atoms with E-state index < -0.39 is 0 Å². The van der Waals surface area contributed by atoms with E-state index in [2.05, 4.69) is 48.4 Å². The molecule has 0 saturated heterocycles. The van der Waals surface area contributed by atoms with Gasteiger partial charge in [0.25, 0.3) is 0 Å². The van der Waals surface area contributed by atoms with Gasteiger partial charge in [-0.05, 0) is 34.7 Å². The SMILES string of the molecule is C=C(c1ccccc1)c1ccc(-c2cccs2)s1. The van der Waals surface area contributed by atoms with Gasteiger partial charge in [0, 0.05) is 14.6 Å². The van der Waals surface area contributed by atoms with E-state index in [0.29, 0.717) is 0 Å². The van der Waals surface area contributed by atoms with Crippen LogP contribution in [0, 0.1) is 0 Å². The highest BCUT2D eigenvalue weighted by Gasteiger charge is 2.07. The molecule has 0 radical (unpaired) electrons. The van der Waals surface area contributed by atoms with Gasteiger partial charge >= 0.3 is 0 Å². The summed E-state index contributed by atoms with van der Waals surface area (Å²) < 4.78 is 0. The molecular formula is C16H12S2. The van der Waals surface area contributed by atoms with Gasteiger partial charge in [0.1, 0.15) is 0 Å². The molecule has 0 aliphatic heterocycles. The van der Waals surface area contributed by atoms with E-state index in [0.717, 1.165) is 5.57 Å². The molecule has 0 saturated carbocycles. The Balaban J connectivity index is 1.93. The number of hydrogen-bond donors (Lipinski definition) is 0. The summed E-state index contributed by atoms with van der Waals surface area (Å²) in [4.78, 5) is 3.88. The molecule has 2 heterocycles. The van der Waals surface area contributed by atoms with Gasteiger partial charge in [-0.15, -0.1) is 22.7 Å². The molecule has 2 heteroatoms. The first-order valence-corrected chi connectivity index (χ1v) is 7.42. The average molecular weight is 268 g/mol. The highest BCUT2D eigenvalue weighted by Crippen LogP contribution is 2.35. The Morgan fingerprint density at radius 1 is 0.833 bits per heavy atom. The molecule has 0 nitrogen and oxygen atoms in total. The van der Waals surface area contributed by atoms with Gasteiger partial charge < -0.3 is 0 Å². The predicted molar refractivity (Wildman–Crippen MR) is 82.2 cm³/mol. The van der Waals surface area contributed by atoms with Crippen molar-refractivity contribution in [3.8, 4) is 9.75 Å². The Labute approximate surface area is 115 Å². The maximum atomic E-state index is 4.20. The Hall–Kier alpha value is -1.64. The molecule has 0 bridgehead atoms. The van der Waals surface area contributed by atoms with Gasteiger partial charge in [-0.2, -0.15) is 0 Å². The molecule has 3 rings (SSSR count). The Bertz CT molecular complexity index is 645. The maximum absolute atomic E-state index is 4.20. The van der Waals surface area contributed by atoms with Crippen molar-refractivity contribution in [3.63, 3.8) is 0 Å². The van der Waals surface area contributed by atoms with Gasteiger partial charge in [0.05, 0.1) is 0 Å². The molecule has 0 N–H and O–H groups in total. The molecule has 0 atom stereocenters. The van der Waals surface area contributed by atoms with Gasteiger partial charge in [0.15, 0.2) is 0 Å². The fraction of sp³-hybridized carbons (Fsp3) is 0. The molecule has 0 unspecified atom stereocenters. The highest BCUT2D eigenvalue weighted by atomic mass is 32.1. The lowest BCUT2D eigenvalue weighted by Gasteiger charge is -2.02. The van der Waals surface area contributed by atoms with Gasteiger partial charge in [-0.3, -0.25) is 0 Å². The summed E-state index contributed by atoms with van der Waals surface area (Å²) in [7, 11) is 0. The second-order valence-corrected chi connectivity index (χ2v) is 6.02. The van der Waals surface area contributed by atoms with Crippen LogP contribution in [0.15, 0.2) is 66.6 Å². The predicted octanol–water partition coefficient (Wildman–Crippen LogP) is 5.54. The molecule has 3 aromatic rings. The summed E-state index contributed by atoms with van der Waals surface area (Å²) in [5, 5.41) is 2.11. The number of thiophene rings is 2. The van der Waals surface area contributed by atoms with E-state index in [1.165, 1.54) is 20.2 Å². The topological polar surface area (TPSA) is 0 Å². The van der Waals surface area contributed by atoms with Crippen molar-refractivity contribution in [3.05, 3.63) is 77.0 Å². The summed E-state index contributed by atoms with van der Waals surface area (Å²) >= 11 is 3.58. The van der Waals surface area contributed by atoms with Crippen LogP contribution < -0.4 is 0 Å². The molecule has 0 aliphatic rings. The van der Waals surface area contributed by atoms with Crippen molar-refractivity contribution in [2.24, 2.45) is 0 Å². The van der Waals surface area contributed by atoms with Crippen LogP contribution in [0.4, 0.5) is 0 Å². The zero-order chi connectivity index (χ0) is 12.4. The highest BCUT2D eigenvalue weighted by molar-refractivity contribution is 7.21. The molecule has 2 aromatic heterocycles. The lowest BCUT2D eigenvalue weighted by atomic mass is 10.1. The van der Waals surface area contributed by atoms with Crippen molar-refractivity contribution in [1.82, 2.24) is 0 Å². The lowest BCUT2D eigenvalue weighted by molar-refractivity contribution is 1.62. The minimum Gasteiger partial charge on any atom is -0.143 e. The lowest BCUT2D eigenvalue weighted by Crippen LogP contribution is -1.80. The van der Waals surface area contributed by atoms with Crippen LogP contribution in [0.25, 0.3) is 15.3 Å². The van der Waals surface area contributed by atoms with Crippen molar-refractivity contribution in [2.45, 2.75) is 0 Å². The van der Waals surface area contributed by atoms with E-state index in [9.17, 15) is 0 Å². The molecule has 1 aromatic carbocycles. The van der Waals surface area contributed by atoms with Gasteiger partial charge in [-0.25, -0.2) is 0 Å². The van der Waals surface area contributed by atoms with Crippen LogP contribution in [-0.2, 0) is 0 Å². The zero-order valence-electron chi connectivity index (χ0n) is 9.80. The van der Waals surface area contributed by atoms with Crippen molar-refractivity contribution in [1.29, 1.82) is 0 Å². The molecular weight excluding hydrogens is 256 g/mol. The third-order valence-corrected chi connectivity index (χ3v) is 5.00. The maximum Gasteiger partial charge on any atom is 0.0449 e. The van der Waals surface area contributed by atoms with Gasteiger partial charge in [0.2, 0.25) is 0 Å². The van der Waals surface area contributed by atoms with Crippen LogP contribution in [0.2, 0.25) is 0 Å². The summed E-state index contributed by atoms with van der Waals surface area (Å²) in [6.45, 7) is 4.20. The largest absolute Gasteiger partial charge is 0.143 e. The standard InChI is InChI=1S/C16H12S2/c1-12(13-6-3-2-4-7-13)14-9-10-16(18-14)15-8-5-11-17-15/h2-11H,1H2. The molecule has 0 amide bonds. The first-order valence-electron chi connectivity index (χ1n) is 5.73. The van der Waals surface area contributed by atoms with E-state index in [1.54, 1.807) is 22.7 Å². The van der Waals surface area contributed by atoms with E-state index >= 15 is 0 Å². The monoisotopic (exact) mass is 268 g/mol. The molecule has 0 fully saturated rings. The van der Waals surface area contributed by atoms with Crippen LogP contribution in [0.3, 0.4) is 0 Å². The first kappa shape index (κ1) is 11.5. The molecule has 18 heavy (non-hydrogen) atoms. The molecule has 0 spiro atoms. The van der Waals surface area contributed by atoms with Crippen molar-refractivity contribution >= 4 is 28.2 Å². The first-order chi connectivity index (χ1) is 8.84. The van der Waals surface area contributed by atoms with E-state index in [-0.39, 0.29) is 0 Å². The third kappa shape index (κ3) is 2.17. The molecule has 0 aliphatic carbocycles.